The van der Waals surface area contributed by atoms with Crippen LogP contribution in [0.25, 0.3) is 54.5 Å². The summed E-state index contributed by atoms with van der Waals surface area (Å²) in [5, 5.41) is 27.3. The minimum atomic E-state index is -1.15. The van der Waals surface area contributed by atoms with Gasteiger partial charge in [-0.15, -0.1) is 11.3 Å². The summed E-state index contributed by atoms with van der Waals surface area (Å²) in [6.07, 6.45) is 2.98. The lowest BCUT2D eigenvalue weighted by Crippen LogP contribution is -2.49. The van der Waals surface area contributed by atoms with E-state index in [1.807, 2.05) is 59.5 Å². The first-order valence-corrected chi connectivity index (χ1v) is 23.5. The van der Waals surface area contributed by atoms with Crippen LogP contribution in [0.1, 0.15) is 67.7 Å². The summed E-state index contributed by atoms with van der Waals surface area (Å²) in [6, 6.07) is 33.5. The van der Waals surface area contributed by atoms with Crippen LogP contribution in [0.4, 0.5) is 0 Å². The Morgan fingerprint density at radius 3 is 2.37 bits per heavy atom. The highest BCUT2D eigenvalue weighted by atomic mass is 32.1. The zero-order valence-corrected chi connectivity index (χ0v) is 38.3. The zero-order valence-electron chi connectivity index (χ0n) is 37.5. The van der Waals surface area contributed by atoms with E-state index in [1.165, 1.54) is 54.3 Å². The lowest BCUT2D eigenvalue weighted by Gasteiger charge is -2.38. The van der Waals surface area contributed by atoms with Crippen LogP contribution in [-0.2, 0) is 42.8 Å². The topological polar surface area (TPSA) is 139 Å². The van der Waals surface area contributed by atoms with Gasteiger partial charge in [0.2, 0.25) is 11.8 Å². The highest BCUT2D eigenvalue weighted by Gasteiger charge is 2.35. The van der Waals surface area contributed by atoms with Crippen molar-refractivity contribution >= 4 is 56.0 Å². The van der Waals surface area contributed by atoms with Gasteiger partial charge in [-0.3, -0.25) is 23.6 Å². The number of thiophene rings is 1. The smallest absolute Gasteiger partial charge is 0.281 e. The highest BCUT2D eigenvalue weighted by Crippen LogP contribution is 2.35. The van der Waals surface area contributed by atoms with E-state index in [1.54, 1.807) is 23.1 Å². The summed E-state index contributed by atoms with van der Waals surface area (Å²) in [4.78, 5) is 47.4. The van der Waals surface area contributed by atoms with Gasteiger partial charge in [-0.05, 0) is 90.1 Å². The van der Waals surface area contributed by atoms with E-state index >= 15 is 0 Å². The molecule has 13 heteroatoms. The molecule has 5 heterocycles. The molecule has 12 nitrogen and oxygen atoms in total. The molecule has 0 bridgehead atoms. The summed E-state index contributed by atoms with van der Waals surface area (Å²) in [5.74, 6) is 0.142. The Balaban J connectivity index is 0.759. The quantitative estimate of drug-likeness (QED) is 0.0881. The maximum atomic E-state index is 13.7. The minimum Gasteiger partial charge on any atom is -0.388 e. The van der Waals surface area contributed by atoms with E-state index in [9.17, 15) is 19.5 Å². The third-order valence-electron chi connectivity index (χ3n) is 13.0. The van der Waals surface area contributed by atoms with Gasteiger partial charge < -0.3 is 25.2 Å². The molecule has 1 saturated heterocycles. The average molecular weight is 889 g/mol. The van der Waals surface area contributed by atoms with Gasteiger partial charge in [0, 0.05) is 91.4 Å². The van der Waals surface area contributed by atoms with Crippen molar-refractivity contribution in [2.75, 3.05) is 19.6 Å². The summed E-state index contributed by atoms with van der Waals surface area (Å²) < 4.78 is 5.48. The summed E-state index contributed by atoms with van der Waals surface area (Å²) >= 11 is 1.78. The predicted octanol–water partition coefficient (Wildman–Crippen LogP) is 8.31. The highest BCUT2D eigenvalue weighted by molar-refractivity contribution is 7.13. The van der Waals surface area contributed by atoms with Crippen molar-refractivity contribution in [3.63, 3.8) is 0 Å². The second kappa shape index (κ2) is 18.6. The van der Waals surface area contributed by atoms with E-state index in [0.717, 1.165) is 23.2 Å². The van der Waals surface area contributed by atoms with Gasteiger partial charge in [0.15, 0.2) is 5.52 Å². The largest absolute Gasteiger partial charge is 0.388 e. The summed E-state index contributed by atoms with van der Waals surface area (Å²) in [5.41, 5.74) is 9.04. The zero-order chi connectivity index (χ0) is 45.2. The maximum absolute atomic E-state index is 13.7. The first-order valence-electron chi connectivity index (χ1n) is 22.6. The molecule has 3 N–H and O–H groups in total. The third-order valence-corrected chi connectivity index (χ3v) is 14.1. The fourth-order valence-electron chi connectivity index (χ4n) is 9.31. The number of aromatic nitrogens is 5. The molecule has 0 unspecified atom stereocenters. The summed E-state index contributed by atoms with van der Waals surface area (Å²) in [7, 11) is 1.79. The van der Waals surface area contributed by atoms with E-state index < -0.39 is 5.60 Å². The van der Waals surface area contributed by atoms with Crippen LogP contribution in [0, 0.1) is 6.92 Å². The van der Waals surface area contributed by atoms with E-state index in [0.29, 0.717) is 69.6 Å². The average Bonchev–Trinajstić information content (AvgIpc) is 4.00. The number of amides is 2. The molecule has 1 fully saturated rings. The molecule has 1 atom stereocenters. The molecule has 0 aliphatic carbocycles. The number of carbonyl (C=O) groups is 2. The molecule has 1 aliphatic heterocycles. The number of likely N-dealkylation sites (tertiary alicyclic amines) is 1. The van der Waals surface area contributed by atoms with Crippen LogP contribution < -0.4 is 16.2 Å². The molecule has 65 heavy (non-hydrogen) atoms. The molecule has 4 aromatic heterocycles. The second-order valence-electron chi connectivity index (χ2n) is 17.7. The number of fused-ring (bicyclic) bond motifs is 4. The minimum absolute atomic E-state index is 0.0324. The number of hydrogen-bond acceptors (Lipinski definition) is 8. The Kier molecular flexibility index (Phi) is 12.5. The van der Waals surface area contributed by atoms with Gasteiger partial charge >= 0.3 is 0 Å². The number of aliphatic hydroxyl groups is 1. The standard InChI is InChI=1S/C52H56N8O4S/c1-5-60-43-18-13-37(27-42(43)41-17-16-40(28-44(41)60)45-25-34(2)31-65-45)29-53-22-19-46(61)54-30-36-11-14-39(15-12-36)50-48-49(56-57(50)4)51(63)59(33-55-48)32-52(64)20-23-58(24-21-52)47(62)26-35(3)38-9-7-6-8-10-38/h6-18,25,27-28,31,33,35,53,64H,5,19-24,26,29-30,32H2,1-4H3,(H,54,61)/t35-/m1/s1. The van der Waals surface area contributed by atoms with Crippen LogP contribution in [0.2, 0.25) is 0 Å². The monoisotopic (exact) mass is 888 g/mol. The molecular formula is C52H56N8O4S. The molecule has 0 saturated carbocycles. The molecule has 9 rings (SSSR count). The maximum Gasteiger partial charge on any atom is 0.281 e. The molecule has 2 amide bonds. The van der Waals surface area contributed by atoms with Crippen molar-refractivity contribution < 1.29 is 14.7 Å². The van der Waals surface area contributed by atoms with Crippen LogP contribution >= 0.6 is 11.3 Å². The van der Waals surface area contributed by atoms with Crippen molar-refractivity contribution in [2.24, 2.45) is 7.05 Å². The van der Waals surface area contributed by atoms with Gasteiger partial charge in [0.05, 0.1) is 24.2 Å². The molecule has 0 spiro atoms. The Hall–Kier alpha value is -6.41. The fourth-order valence-corrected chi connectivity index (χ4v) is 10.2. The van der Waals surface area contributed by atoms with Gasteiger partial charge in [-0.2, -0.15) is 5.10 Å². The lowest BCUT2D eigenvalue weighted by atomic mass is 9.90. The van der Waals surface area contributed by atoms with E-state index in [2.05, 4.69) is 93.9 Å². The number of piperidine rings is 1. The Bertz CT molecular complexity index is 3070. The van der Waals surface area contributed by atoms with Gasteiger partial charge in [-0.1, -0.05) is 79.7 Å². The lowest BCUT2D eigenvalue weighted by molar-refractivity contribution is -0.136. The van der Waals surface area contributed by atoms with Gasteiger partial charge in [0.1, 0.15) is 5.52 Å². The van der Waals surface area contributed by atoms with Crippen LogP contribution in [0.3, 0.4) is 0 Å². The number of rotatable bonds is 15. The molecule has 4 aromatic carbocycles. The van der Waals surface area contributed by atoms with Crippen molar-refractivity contribution in [2.45, 2.75) is 84.2 Å². The van der Waals surface area contributed by atoms with Crippen molar-refractivity contribution in [1.29, 1.82) is 0 Å². The van der Waals surface area contributed by atoms with E-state index in [-0.39, 0.29) is 35.4 Å². The molecule has 8 aromatic rings. The van der Waals surface area contributed by atoms with Crippen molar-refractivity contribution in [3.05, 3.63) is 141 Å². The number of hydrogen-bond donors (Lipinski definition) is 3. The Labute approximate surface area is 382 Å². The normalized spacial score (nSPS) is 14.4. The number of carbonyl (C=O) groups excluding carboxylic acids is 2. The molecule has 334 valence electrons. The van der Waals surface area contributed by atoms with Gasteiger partial charge in [0.25, 0.3) is 5.56 Å². The van der Waals surface area contributed by atoms with Crippen molar-refractivity contribution in [3.8, 4) is 21.7 Å². The Morgan fingerprint density at radius 2 is 1.63 bits per heavy atom. The van der Waals surface area contributed by atoms with Crippen LogP contribution in [0.5, 0.6) is 0 Å². The molecule has 1 aliphatic rings. The predicted molar refractivity (Wildman–Crippen MR) is 260 cm³/mol. The van der Waals surface area contributed by atoms with Crippen LogP contribution in [-0.4, -0.2) is 71.0 Å². The van der Waals surface area contributed by atoms with Crippen molar-refractivity contribution in [1.82, 2.24) is 39.4 Å². The SMILES string of the molecule is CCn1c2ccc(CNCCC(=O)NCc3ccc(-c4c5ncn(CC6(O)CCN(C(=O)C[C@@H](C)c7ccccc7)CC6)c(=O)c5nn4C)cc3)cc2c2ccc(-c3cc(C)cs3)cc21. The molecular weight excluding hydrogens is 833 g/mol. The molecule has 0 radical (unpaired) electrons. The number of benzene rings is 4. The van der Waals surface area contributed by atoms with Crippen LogP contribution in [0.15, 0.2) is 114 Å². The number of nitrogens with zero attached hydrogens (tertiary/aromatic N) is 6. The second-order valence-corrected chi connectivity index (χ2v) is 18.6. The first-order chi connectivity index (χ1) is 31.5. The van der Waals surface area contributed by atoms with E-state index in [4.69, 9.17) is 0 Å². The number of nitrogens with one attached hydrogen (secondary N) is 2. The Morgan fingerprint density at radius 1 is 0.877 bits per heavy atom. The fraction of sp³-hybridized carbons (Fsp3) is 0.327. The third kappa shape index (κ3) is 9.27. The number of aryl methyl sites for hydroxylation is 3. The summed E-state index contributed by atoms with van der Waals surface area (Å²) in [6.45, 7) is 9.81. The van der Waals surface area contributed by atoms with Gasteiger partial charge in [-0.25, -0.2) is 4.98 Å². The first kappa shape index (κ1) is 43.8.